The second-order valence-electron chi connectivity index (χ2n) is 3.52. The highest BCUT2D eigenvalue weighted by Gasteiger charge is 2.03. The molecule has 0 radical (unpaired) electrons. The van der Waals surface area contributed by atoms with Gasteiger partial charge in [-0.3, -0.25) is 0 Å². The lowest BCUT2D eigenvalue weighted by Gasteiger charge is -2.06. The molecule has 4 heteroatoms. The van der Waals surface area contributed by atoms with Gasteiger partial charge < -0.3 is 9.73 Å². The molecular weight excluding hydrogens is 220 g/mol. The first-order chi connectivity index (χ1) is 7.79. The van der Waals surface area contributed by atoms with Gasteiger partial charge in [-0.05, 0) is 49.0 Å². The second-order valence-corrected chi connectivity index (χ2v) is 4.54. The van der Waals surface area contributed by atoms with Crippen LogP contribution in [0.4, 0.5) is 0 Å². The summed E-state index contributed by atoms with van der Waals surface area (Å²) in [7, 11) is 1.95. The van der Waals surface area contributed by atoms with Gasteiger partial charge in [0, 0.05) is 11.4 Å². The predicted octanol–water partition coefficient (Wildman–Crippen LogP) is 2.85. The van der Waals surface area contributed by atoms with Crippen LogP contribution in [0.15, 0.2) is 45.2 Å². The molecule has 1 N–H and O–H groups in total. The zero-order valence-corrected chi connectivity index (χ0v) is 10.2. The van der Waals surface area contributed by atoms with Crippen LogP contribution in [0.1, 0.15) is 11.1 Å². The molecule has 0 saturated carbocycles. The molecule has 84 valence electrons. The third-order valence-electron chi connectivity index (χ3n) is 2.30. The van der Waals surface area contributed by atoms with Crippen LogP contribution in [-0.4, -0.2) is 12.0 Å². The topological polar surface area (TPSA) is 38.1 Å². The standard InChI is InChI=1S/C12H14N2OS/c1-9-7-11(4-3-10(9)8-13-2)16-12-14-5-6-15-12/h3-7,13H,8H2,1-2H3. The normalized spacial score (nSPS) is 10.6. The van der Waals surface area contributed by atoms with Crippen molar-refractivity contribution in [1.82, 2.24) is 10.3 Å². The van der Waals surface area contributed by atoms with Crippen LogP contribution in [0, 0.1) is 6.92 Å². The fourth-order valence-electron chi connectivity index (χ4n) is 1.48. The number of rotatable bonds is 4. The van der Waals surface area contributed by atoms with Crippen LogP contribution in [-0.2, 0) is 6.54 Å². The van der Waals surface area contributed by atoms with E-state index in [1.54, 1.807) is 12.5 Å². The molecule has 2 rings (SSSR count). The van der Waals surface area contributed by atoms with Crippen molar-refractivity contribution < 1.29 is 4.42 Å². The highest BCUT2D eigenvalue weighted by atomic mass is 32.2. The zero-order valence-electron chi connectivity index (χ0n) is 9.36. The van der Waals surface area contributed by atoms with E-state index in [1.807, 2.05) is 7.05 Å². The summed E-state index contributed by atoms with van der Waals surface area (Å²) in [5.41, 5.74) is 2.60. The summed E-state index contributed by atoms with van der Waals surface area (Å²) < 4.78 is 5.19. The van der Waals surface area contributed by atoms with Crippen LogP contribution in [0.3, 0.4) is 0 Å². The van der Waals surface area contributed by atoms with E-state index < -0.39 is 0 Å². The average Bonchev–Trinajstić information content (AvgIpc) is 2.75. The average molecular weight is 234 g/mol. The summed E-state index contributed by atoms with van der Waals surface area (Å²) >= 11 is 1.54. The molecule has 2 aromatic rings. The zero-order chi connectivity index (χ0) is 11.4. The molecule has 0 spiro atoms. The van der Waals surface area contributed by atoms with E-state index in [4.69, 9.17) is 4.42 Å². The quantitative estimate of drug-likeness (QED) is 0.882. The number of nitrogens with zero attached hydrogens (tertiary/aromatic N) is 1. The molecular formula is C12H14N2OS. The van der Waals surface area contributed by atoms with Gasteiger partial charge in [0.15, 0.2) is 0 Å². The van der Waals surface area contributed by atoms with Crippen molar-refractivity contribution in [3.8, 4) is 0 Å². The van der Waals surface area contributed by atoms with Crippen LogP contribution in [0.2, 0.25) is 0 Å². The first-order valence-corrected chi connectivity index (χ1v) is 5.92. The van der Waals surface area contributed by atoms with E-state index in [-0.39, 0.29) is 0 Å². The third-order valence-corrected chi connectivity index (χ3v) is 3.16. The number of hydrogen-bond donors (Lipinski definition) is 1. The van der Waals surface area contributed by atoms with E-state index in [9.17, 15) is 0 Å². The first-order valence-electron chi connectivity index (χ1n) is 5.11. The Morgan fingerprint density at radius 3 is 2.94 bits per heavy atom. The number of oxazole rings is 1. The molecule has 3 nitrogen and oxygen atoms in total. The summed E-state index contributed by atoms with van der Waals surface area (Å²) in [5.74, 6) is 0. The molecule has 1 aromatic heterocycles. The predicted molar refractivity (Wildman–Crippen MR) is 64.6 cm³/mol. The maximum Gasteiger partial charge on any atom is 0.260 e. The van der Waals surface area contributed by atoms with E-state index in [0.717, 1.165) is 11.4 Å². The molecule has 1 aromatic carbocycles. The summed E-state index contributed by atoms with van der Waals surface area (Å²) in [6.45, 7) is 3.02. The SMILES string of the molecule is CNCc1ccc(Sc2ncco2)cc1C. The largest absolute Gasteiger partial charge is 0.440 e. The maximum absolute atomic E-state index is 5.19. The summed E-state index contributed by atoms with van der Waals surface area (Å²) in [6, 6.07) is 6.38. The van der Waals surface area contributed by atoms with Crippen LogP contribution >= 0.6 is 11.8 Å². The lowest BCUT2D eigenvalue weighted by atomic mass is 10.1. The van der Waals surface area contributed by atoms with Gasteiger partial charge in [0.2, 0.25) is 0 Å². The van der Waals surface area contributed by atoms with Crippen LogP contribution < -0.4 is 5.32 Å². The van der Waals surface area contributed by atoms with Gasteiger partial charge in [-0.15, -0.1) is 0 Å². The Bertz CT molecular complexity index is 454. The Morgan fingerprint density at radius 2 is 2.31 bits per heavy atom. The Kier molecular flexibility index (Phi) is 3.64. The molecule has 0 bridgehead atoms. The maximum atomic E-state index is 5.19. The molecule has 1 heterocycles. The van der Waals surface area contributed by atoms with Gasteiger partial charge in [-0.1, -0.05) is 6.07 Å². The van der Waals surface area contributed by atoms with Crippen molar-refractivity contribution in [2.45, 2.75) is 23.6 Å². The molecule has 0 unspecified atom stereocenters. The molecule has 0 aliphatic rings. The number of aryl methyl sites for hydroxylation is 1. The van der Waals surface area contributed by atoms with E-state index in [1.165, 1.54) is 22.9 Å². The fraction of sp³-hybridized carbons (Fsp3) is 0.250. The van der Waals surface area contributed by atoms with Crippen molar-refractivity contribution in [2.24, 2.45) is 0 Å². The number of nitrogens with one attached hydrogen (secondary N) is 1. The van der Waals surface area contributed by atoms with Crippen molar-refractivity contribution in [2.75, 3.05) is 7.05 Å². The lowest BCUT2D eigenvalue weighted by Crippen LogP contribution is -2.06. The summed E-state index contributed by atoms with van der Waals surface area (Å²) in [4.78, 5) is 5.24. The van der Waals surface area contributed by atoms with Crippen LogP contribution in [0.5, 0.6) is 0 Å². The second kappa shape index (κ2) is 5.18. The Hall–Kier alpha value is -1.26. The molecule has 0 amide bonds. The molecule has 0 atom stereocenters. The van der Waals surface area contributed by atoms with Crippen molar-refractivity contribution in [3.05, 3.63) is 41.8 Å². The minimum Gasteiger partial charge on any atom is -0.440 e. The van der Waals surface area contributed by atoms with Gasteiger partial charge in [0.1, 0.15) is 6.26 Å². The van der Waals surface area contributed by atoms with E-state index in [2.05, 4.69) is 35.4 Å². The van der Waals surface area contributed by atoms with Crippen molar-refractivity contribution >= 4 is 11.8 Å². The molecule has 16 heavy (non-hydrogen) atoms. The molecule has 0 aliphatic carbocycles. The van der Waals surface area contributed by atoms with Gasteiger partial charge >= 0.3 is 0 Å². The first kappa shape index (κ1) is 11.2. The number of hydrogen-bond acceptors (Lipinski definition) is 4. The monoisotopic (exact) mass is 234 g/mol. The number of aromatic nitrogens is 1. The highest BCUT2D eigenvalue weighted by Crippen LogP contribution is 2.27. The van der Waals surface area contributed by atoms with E-state index >= 15 is 0 Å². The molecule has 0 fully saturated rings. The van der Waals surface area contributed by atoms with Gasteiger partial charge in [-0.2, -0.15) is 0 Å². The smallest absolute Gasteiger partial charge is 0.260 e. The Morgan fingerprint density at radius 1 is 1.44 bits per heavy atom. The van der Waals surface area contributed by atoms with Crippen LogP contribution in [0.25, 0.3) is 0 Å². The lowest BCUT2D eigenvalue weighted by molar-refractivity contribution is 0.454. The van der Waals surface area contributed by atoms with Gasteiger partial charge in [0.05, 0.1) is 6.20 Å². The number of benzene rings is 1. The summed E-state index contributed by atoms with van der Waals surface area (Å²) in [5, 5.41) is 3.83. The summed E-state index contributed by atoms with van der Waals surface area (Å²) in [6.07, 6.45) is 3.25. The van der Waals surface area contributed by atoms with Gasteiger partial charge in [-0.25, -0.2) is 4.98 Å². The minimum absolute atomic E-state index is 0.681. The van der Waals surface area contributed by atoms with Gasteiger partial charge in [0.25, 0.3) is 5.22 Å². The highest BCUT2D eigenvalue weighted by molar-refractivity contribution is 7.99. The molecule has 0 aliphatic heterocycles. The Labute approximate surface area is 99.3 Å². The fourth-order valence-corrected chi connectivity index (χ4v) is 2.27. The van der Waals surface area contributed by atoms with Crippen molar-refractivity contribution in [1.29, 1.82) is 0 Å². The third kappa shape index (κ3) is 2.65. The Balaban J connectivity index is 2.15. The molecule has 0 saturated heterocycles. The van der Waals surface area contributed by atoms with Crippen molar-refractivity contribution in [3.63, 3.8) is 0 Å². The minimum atomic E-state index is 0.681. The van der Waals surface area contributed by atoms with E-state index in [0.29, 0.717) is 5.22 Å².